The second kappa shape index (κ2) is 3.54. The molecule has 80 valence electrons. The van der Waals surface area contributed by atoms with Crippen LogP contribution in [0, 0.1) is 17.8 Å². The summed E-state index contributed by atoms with van der Waals surface area (Å²) >= 11 is 0. The molecule has 1 aliphatic heterocycles. The van der Waals surface area contributed by atoms with Gasteiger partial charge in [0.25, 0.3) is 0 Å². The van der Waals surface area contributed by atoms with Gasteiger partial charge in [-0.15, -0.1) is 0 Å². The summed E-state index contributed by atoms with van der Waals surface area (Å²) in [6, 6.07) is 0.668. The molecular weight excluding hydrogens is 178 g/mol. The fourth-order valence-electron chi connectivity index (χ4n) is 2.66. The molecule has 1 unspecified atom stereocenters. The van der Waals surface area contributed by atoms with Gasteiger partial charge in [0, 0.05) is 19.1 Å². The van der Waals surface area contributed by atoms with Crippen LogP contribution in [0.5, 0.6) is 0 Å². The molecule has 0 aromatic rings. The molecule has 0 aromatic heterocycles. The molecule has 0 aromatic carbocycles. The Labute approximate surface area is 85.4 Å². The molecule has 0 N–H and O–H groups in total. The minimum absolute atomic E-state index is 0.00352. The van der Waals surface area contributed by atoms with Gasteiger partial charge in [-0.1, -0.05) is 6.92 Å². The average Bonchev–Trinajstić information content (AvgIpc) is 2.70. The van der Waals surface area contributed by atoms with Crippen LogP contribution in [0.15, 0.2) is 0 Å². The maximum atomic E-state index is 11.3. The van der Waals surface area contributed by atoms with Gasteiger partial charge in [-0.25, -0.2) is 0 Å². The molecule has 2 rings (SSSR count). The monoisotopic (exact) mass is 197 g/mol. The number of ether oxygens (including phenoxy) is 1. The smallest absolute Gasteiger partial charge is 0.309 e. The summed E-state index contributed by atoms with van der Waals surface area (Å²) in [6.45, 7) is 6.67. The van der Waals surface area contributed by atoms with Crippen LogP contribution in [0.2, 0.25) is 0 Å². The zero-order chi connectivity index (χ0) is 10.3. The van der Waals surface area contributed by atoms with Crippen molar-refractivity contribution < 1.29 is 9.53 Å². The second-order valence-corrected chi connectivity index (χ2v) is 4.59. The highest BCUT2D eigenvalue weighted by Gasteiger charge is 2.60. The number of rotatable bonds is 3. The summed E-state index contributed by atoms with van der Waals surface area (Å²) in [6.07, 6.45) is 1.20. The van der Waals surface area contributed by atoms with E-state index in [1.807, 2.05) is 0 Å². The molecular formula is C11H19NO2. The van der Waals surface area contributed by atoms with E-state index in [9.17, 15) is 4.79 Å². The number of hydrogen-bond donors (Lipinski definition) is 0. The van der Waals surface area contributed by atoms with Crippen molar-refractivity contribution in [1.82, 2.24) is 4.90 Å². The standard InChI is InChI=1S/C11H19NO2/c1-4-7(2)12-5-8-9(6-12)10(8)11(13)14-3/h7-10H,4-6H2,1-3H3/t7?,8-,9+,10+. The molecule has 1 heterocycles. The topological polar surface area (TPSA) is 29.5 Å². The summed E-state index contributed by atoms with van der Waals surface area (Å²) in [5.41, 5.74) is 0. The van der Waals surface area contributed by atoms with E-state index in [4.69, 9.17) is 4.74 Å². The Bertz CT molecular complexity index is 229. The van der Waals surface area contributed by atoms with E-state index < -0.39 is 0 Å². The highest BCUT2D eigenvalue weighted by atomic mass is 16.5. The Morgan fingerprint density at radius 2 is 2.07 bits per heavy atom. The number of hydrogen-bond acceptors (Lipinski definition) is 3. The molecule has 14 heavy (non-hydrogen) atoms. The van der Waals surface area contributed by atoms with Crippen LogP contribution in [-0.2, 0) is 9.53 Å². The minimum atomic E-state index is 0.00352. The van der Waals surface area contributed by atoms with Gasteiger partial charge in [0.05, 0.1) is 13.0 Å². The van der Waals surface area contributed by atoms with Gasteiger partial charge < -0.3 is 9.64 Å². The quantitative estimate of drug-likeness (QED) is 0.635. The van der Waals surface area contributed by atoms with Crippen molar-refractivity contribution in [3.05, 3.63) is 0 Å². The van der Waals surface area contributed by atoms with E-state index in [1.165, 1.54) is 13.5 Å². The van der Waals surface area contributed by atoms with Crippen LogP contribution >= 0.6 is 0 Å². The lowest BCUT2D eigenvalue weighted by molar-refractivity contribution is -0.143. The van der Waals surface area contributed by atoms with Gasteiger partial charge in [-0.3, -0.25) is 4.79 Å². The van der Waals surface area contributed by atoms with Crippen LogP contribution in [0.25, 0.3) is 0 Å². The molecule has 2 aliphatic rings. The zero-order valence-corrected chi connectivity index (χ0v) is 9.19. The van der Waals surface area contributed by atoms with E-state index >= 15 is 0 Å². The van der Waals surface area contributed by atoms with Crippen LogP contribution in [0.4, 0.5) is 0 Å². The van der Waals surface area contributed by atoms with Crippen LogP contribution in [0.1, 0.15) is 20.3 Å². The van der Waals surface area contributed by atoms with Gasteiger partial charge >= 0.3 is 5.97 Å². The van der Waals surface area contributed by atoms with Gasteiger partial charge in [0.1, 0.15) is 0 Å². The first-order chi connectivity index (χ1) is 6.69. The van der Waals surface area contributed by atoms with Gasteiger partial charge in [0.15, 0.2) is 0 Å². The lowest BCUT2D eigenvalue weighted by atomic mass is 10.2. The summed E-state index contributed by atoms with van der Waals surface area (Å²) in [5.74, 6) is 1.41. The second-order valence-electron chi connectivity index (χ2n) is 4.59. The summed E-state index contributed by atoms with van der Waals surface area (Å²) in [7, 11) is 1.49. The van der Waals surface area contributed by atoms with Crippen LogP contribution in [0.3, 0.4) is 0 Å². The Balaban J connectivity index is 1.84. The van der Waals surface area contributed by atoms with Crippen molar-refractivity contribution in [3.8, 4) is 0 Å². The number of piperidine rings is 1. The number of fused-ring (bicyclic) bond motifs is 1. The molecule has 4 atom stereocenters. The molecule has 3 nitrogen and oxygen atoms in total. The third kappa shape index (κ3) is 1.44. The Hall–Kier alpha value is -0.570. The molecule has 0 spiro atoms. The SMILES string of the molecule is CCC(C)N1C[C@@H]2[C@H](C1)[C@H]2C(=O)OC. The van der Waals surface area contributed by atoms with E-state index in [-0.39, 0.29) is 11.9 Å². The zero-order valence-electron chi connectivity index (χ0n) is 9.19. The highest BCUT2D eigenvalue weighted by molar-refractivity contribution is 5.76. The van der Waals surface area contributed by atoms with E-state index in [1.54, 1.807) is 0 Å². The summed E-state index contributed by atoms with van der Waals surface area (Å²) < 4.78 is 4.78. The van der Waals surface area contributed by atoms with Gasteiger partial charge in [0.2, 0.25) is 0 Å². The average molecular weight is 197 g/mol. The first-order valence-corrected chi connectivity index (χ1v) is 5.51. The number of carbonyl (C=O) groups is 1. The molecule has 3 heteroatoms. The predicted octanol–water partition coefficient (Wildman–Crippen LogP) is 1.14. The van der Waals surface area contributed by atoms with Crippen molar-refractivity contribution in [2.45, 2.75) is 26.3 Å². The number of likely N-dealkylation sites (tertiary alicyclic amines) is 1. The van der Waals surface area contributed by atoms with Crippen molar-refractivity contribution >= 4 is 5.97 Å². The van der Waals surface area contributed by atoms with Crippen molar-refractivity contribution in [2.24, 2.45) is 17.8 Å². The van der Waals surface area contributed by atoms with Crippen molar-refractivity contribution in [2.75, 3.05) is 20.2 Å². The highest BCUT2D eigenvalue weighted by Crippen LogP contribution is 2.52. The lowest BCUT2D eigenvalue weighted by Gasteiger charge is -2.25. The van der Waals surface area contributed by atoms with Crippen LogP contribution < -0.4 is 0 Å². The van der Waals surface area contributed by atoms with Crippen molar-refractivity contribution in [1.29, 1.82) is 0 Å². The minimum Gasteiger partial charge on any atom is -0.469 e. The van der Waals surface area contributed by atoms with E-state index in [0.717, 1.165) is 13.1 Å². The first-order valence-electron chi connectivity index (χ1n) is 5.51. The third-order valence-electron chi connectivity index (χ3n) is 3.91. The number of carbonyl (C=O) groups excluding carboxylic acids is 1. The summed E-state index contributed by atoms with van der Waals surface area (Å²) in [5, 5.41) is 0. The Morgan fingerprint density at radius 3 is 2.50 bits per heavy atom. The molecule has 2 fully saturated rings. The maximum Gasteiger partial charge on any atom is 0.309 e. The van der Waals surface area contributed by atoms with Gasteiger partial charge in [-0.05, 0) is 25.2 Å². The van der Waals surface area contributed by atoms with E-state index in [2.05, 4.69) is 18.7 Å². The van der Waals surface area contributed by atoms with E-state index in [0.29, 0.717) is 17.9 Å². The third-order valence-corrected chi connectivity index (χ3v) is 3.91. The fraction of sp³-hybridized carbons (Fsp3) is 0.909. The first kappa shape index (κ1) is 9.97. The van der Waals surface area contributed by atoms with Crippen LogP contribution in [-0.4, -0.2) is 37.1 Å². The molecule has 0 amide bonds. The Kier molecular flexibility index (Phi) is 2.52. The molecule has 1 saturated heterocycles. The van der Waals surface area contributed by atoms with Crippen molar-refractivity contribution in [3.63, 3.8) is 0 Å². The molecule has 1 saturated carbocycles. The fourth-order valence-corrected chi connectivity index (χ4v) is 2.66. The predicted molar refractivity (Wildman–Crippen MR) is 53.8 cm³/mol. The number of nitrogens with zero attached hydrogens (tertiary/aromatic N) is 1. The lowest BCUT2D eigenvalue weighted by Crippen LogP contribution is -2.34. The molecule has 0 bridgehead atoms. The molecule has 1 aliphatic carbocycles. The normalized spacial score (nSPS) is 37.8. The number of esters is 1. The Morgan fingerprint density at radius 1 is 1.50 bits per heavy atom. The molecule has 0 radical (unpaired) electrons. The van der Waals surface area contributed by atoms with Gasteiger partial charge in [-0.2, -0.15) is 0 Å². The largest absolute Gasteiger partial charge is 0.469 e. The summed E-state index contributed by atoms with van der Waals surface area (Å²) in [4.78, 5) is 13.8. The number of methoxy groups -OCH3 is 1. The maximum absolute atomic E-state index is 11.3.